The Bertz CT molecular complexity index is 962. The Hall–Kier alpha value is -1.34. The van der Waals surface area contributed by atoms with E-state index in [1.54, 1.807) is 6.20 Å². The minimum Gasteiger partial charge on any atom is -0.833 e. The fraction of sp³-hybridized carbons (Fsp3) is 0.278. The summed E-state index contributed by atoms with van der Waals surface area (Å²) in [6.45, 7) is -3.17. The second-order valence-corrected chi connectivity index (χ2v) is 6.15. The van der Waals surface area contributed by atoms with Gasteiger partial charge in [0.2, 0.25) is 0 Å². The zero-order valence-electron chi connectivity index (χ0n) is 15.4. The number of hydrogen-bond acceptors (Lipinski definition) is 5. The molecule has 0 radical (unpaired) electrons. The topological polar surface area (TPSA) is 114 Å². The van der Waals surface area contributed by atoms with Gasteiger partial charge in [-0.1, -0.05) is 12.1 Å². The molecular formula is C18H16F3KN4O3. The van der Waals surface area contributed by atoms with Crippen LogP contribution in [0.5, 0.6) is 0 Å². The van der Waals surface area contributed by atoms with Crippen LogP contribution in [0.3, 0.4) is 0 Å². The van der Waals surface area contributed by atoms with Crippen LogP contribution in [0, 0.1) is 5.82 Å². The molecule has 11 heteroatoms. The molecule has 1 unspecified atom stereocenters. The van der Waals surface area contributed by atoms with Crippen molar-refractivity contribution in [2.45, 2.75) is 31.6 Å². The van der Waals surface area contributed by atoms with E-state index in [0.717, 1.165) is 18.5 Å². The summed E-state index contributed by atoms with van der Waals surface area (Å²) in [6.07, 6.45) is 3.89. The van der Waals surface area contributed by atoms with Crippen molar-refractivity contribution in [1.29, 1.82) is 0 Å². The van der Waals surface area contributed by atoms with E-state index < -0.39 is 24.6 Å². The Labute approximate surface area is 206 Å². The summed E-state index contributed by atoms with van der Waals surface area (Å²) in [5, 5.41) is 21.3. The molecule has 1 aliphatic carbocycles. The van der Waals surface area contributed by atoms with E-state index in [4.69, 9.17) is 5.11 Å². The van der Waals surface area contributed by atoms with Crippen LogP contribution in [0.1, 0.15) is 46.6 Å². The first kappa shape index (κ1) is 23.9. The van der Waals surface area contributed by atoms with Gasteiger partial charge in [0.1, 0.15) is 11.3 Å². The maximum Gasteiger partial charge on any atom is 1.00 e. The summed E-state index contributed by atoms with van der Waals surface area (Å²) in [5.74, 6) is -0.552. The molecular weight excluding hydrogens is 416 g/mol. The molecule has 0 saturated heterocycles. The number of aromatic amines is 1. The van der Waals surface area contributed by atoms with E-state index in [9.17, 15) is 23.1 Å². The molecule has 1 amide bonds. The molecule has 0 bridgehead atoms. The van der Waals surface area contributed by atoms with Crippen molar-refractivity contribution < 1.29 is 79.6 Å². The number of H-pyrrole nitrogens is 1. The van der Waals surface area contributed by atoms with Crippen LogP contribution in [0.15, 0.2) is 36.7 Å². The van der Waals surface area contributed by atoms with E-state index in [1.165, 1.54) is 30.5 Å². The first-order valence-electron chi connectivity index (χ1n) is 8.37. The maximum atomic E-state index is 12.9. The van der Waals surface area contributed by atoms with E-state index in [-0.39, 0.29) is 62.5 Å². The molecule has 0 aliphatic heterocycles. The first-order valence-corrected chi connectivity index (χ1v) is 8.37. The number of nitrogens with one attached hydrogen (secondary N) is 2. The molecule has 29 heavy (non-hydrogen) atoms. The van der Waals surface area contributed by atoms with E-state index in [0.29, 0.717) is 17.1 Å². The predicted octanol–water partition coefficient (Wildman–Crippen LogP) is -1.03. The average Bonchev–Trinajstić information content (AvgIpc) is 3.40. The molecule has 1 atom stereocenters. The fourth-order valence-electron chi connectivity index (χ4n) is 2.57. The van der Waals surface area contributed by atoms with E-state index >= 15 is 0 Å². The number of carbonyl (C=O) groups excluding carboxylic acids is 1. The van der Waals surface area contributed by atoms with Crippen LogP contribution in [0.25, 0.3) is 11.2 Å². The number of nitrogens with zero attached hydrogens (tertiary/aromatic N) is 2. The van der Waals surface area contributed by atoms with Crippen LogP contribution in [0.4, 0.5) is 13.2 Å². The standard InChI is InChI=1S/C17H14FN4O2.CH2F2O.K/c18-11-5-3-10(4-6-11)16(23)22-17(24)12-7-19-15-14(12)21-13(8-20-15)9-1-2-9;2-1(3)4;/h3-9,16H,1-2H2,(H,19,20)(H,22,24);1,4H;/q-1;;+1. The normalized spacial score (nSPS) is 14.0. The van der Waals surface area contributed by atoms with Crippen LogP contribution in [0.2, 0.25) is 0 Å². The second kappa shape index (κ2) is 10.6. The molecule has 3 N–H and O–H groups in total. The number of aliphatic hydroxyl groups excluding tert-OH is 1. The van der Waals surface area contributed by atoms with E-state index in [1.807, 2.05) is 0 Å². The van der Waals surface area contributed by atoms with Crippen molar-refractivity contribution in [3.8, 4) is 0 Å². The number of amides is 1. The van der Waals surface area contributed by atoms with Crippen molar-refractivity contribution >= 4 is 17.1 Å². The number of halogens is 3. The van der Waals surface area contributed by atoms with Gasteiger partial charge in [0.05, 0.1) is 17.5 Å². The molecule has 2 aromatic heterocycles. The molecule has 148 valence electrons. The van der Waals surface area contributed by atoms with Crippen LogP contribution in [-0.4, -0.2) is 32.6 Å². The number of hydrogen-bond donors (Lipinski definition) is 3. The quantitative estimate of drug-likeness (QED) is 0.360. The van der Waals surface area contributed by atoms with Gasteiger partial charge in [-0.15, -0.1) is 0 Å². The largest absolute Gasteiger partial charge is 1.00 e. The average molecular weight is 432 g/mol. The van der Waals surface area contributed by atoms with Crippen molar-refractivity contribution in [2.75, 3.05) is 0 Å². The van der Waals surface area contributed by atoms with Crippen LogP contribution >= 0.6 is 0 Å². The van der Waals surface area contributed by atoms with E-state index in [2.05, 4.69) is 20.3 Å². The molecule has 2 heterocycles. The third kappa shape index (κ3) is 6.57. The summed E-state index contributed by atoms with van der Waals surface area (Å²) in [4.78, 5) is 24.1. The summed E-state index contributed by atoms with van der Waals surface area (Å²) >= 11 is 0. The molecule has 3 aromatic rings. The van der Waals surface area contributed by atoms with Crippen molar-refractivity contribution in [1.82, 2.24) is 20.3 Å². The summed E-state index contributed by atoms with van der Waals surface area (Å²) in [6, 6.07) is 5.08. The number of benzene rings is 1. The second-order valence-electron chi connectivity index (χ2n) is 6.15. The number of aliphatic hydroxyl groups is 1. The Morgan fingerprint density at radius 1 is 1.28 bits per heavy atom. The monoisotopic (exact) mass is 432 g/mol. The Kier molecular flexibility index (Phi) is 8.76. The van der Waals surface area contributed by atoms with Crippen LogP contribution in [-0.2, 0) is 0 Å². The molecule has 0 spiro atoms. The van der Waals surface area contributed by atoms with Gasteiger partial charge in [0.25, 0.3) is 5.91 Å². The summed E-state index contributed by atoms with van der Waals surface area (Å²) in [7, 11) is 0. The van der Waals surface area contributed by atoms with Gasteiger partial charge in [-0.05, 0) is 36.8 Å². The molecule has 7 nitrogen and oxygen atoms in total. The third-order valence-electron chi connectivity index (χ3n) is 4.07. The molecule has 1 fully saturated rings. The van der Waals surface area contributed by atoms with Gasteiger partial charge in [0, 0.05) is 12.1 Å². The number of fused-ring (bicyclic) bond motifs is 1. The van der Waals surface area contributed by atoms with Crippen molar-refractivity contribution in [3.63, 3.8) is 0 Å². The van der Waals surface area contributed by atoms with Crippen molar-refractivity contribution in [3.05, 3.63) is 59.3 Å². The number of rotatable bonds is 4. The number of aromatic nitrogens is 3. The number of carbonyl (C=O) groups is 1. The zero-order chi connectivity index (χ0) is 20.3. The van der Waals surface area contributed by atoms with Gasteiger partial charge in [-0.2, -0.15) is 8.78 Å². The minimum atomic E-state index is -3.17. The summed E-state index contributed by atoms with van der Waals surface area (Å²) in [5.41, 5.74) is 2.41. The van der Waals surface area contributed by atoms with Gasteiger partial charge in [-0.25, -0.2) is 14.4 Å². The molecule has 1 aromatic carbocycles. The molecule has 1 aliphatic rings. The first-order chi connectivity index (χ1) is 13.3. The minimum absolute atomic E-state index is 0. The van der Waals surface area contributed by atoms with Gasteiger partial charge in [-0.3, -0.25) is 4.79 Å². The smallest absolute Gasteiger partial charge is 0.833 e. The maximum absolute atomic E-state index is 12.9. The van der Waals surface area contributed by atoms with Crippen LogP contribution < -0.4 is 61.8 Å². The van der Waals surface area contributed by atoms with Gasteiger partial charge >= 0.3 is 58.0 Å². The van der Waals surface area contributed by atoms with Crippen molar-refractivity contribution in [2.24, 2.45) is 0 Å². The fourth-order valence-corrected chi connectivity index (χ4v) is 2.57. The summed E-state index contributed by atoms with van der Waals surface area (Å²) < 4.78 is 32.7. The molecule has 4 rings (SSSR count). The SMILES string of the molecule is O=C(NC([O-])c1ccc(F)cc1)c1c[nH]c2ncc(C3CC3)nc12.OC(F)F.[K+]. The third-order valence-corrected chi connectivity index (χ3v) is 4.07. The Balaban J connectivity index is 0.000000552. The Morgan fingerprint density at radius 3 is 2.48 bits per heavy atom. The number of alkyl halides is 2. The zero-order valence-corrected chi connectivity index (χ0v) is 18.5. The van der Waals surface area contributed by atoms with Gasteiger partial charge < -0.3 is 20.5 Å². The molecule has 1 saturated carbocycles. The Morgan fingerprint density at radius 2 is 1.90 bits per heavy atom. The predicted molar refractivity (Wildman–Crippen MR) is 90.7 cm³/mol. The van der Waals surface area contributed by atoms with Gasteiger partial charge in [0.15, 0.2) is 5.65 Å².